The van der Waals surface area contributed by atoms with E-state index in [4.69, 9.17) is 4.74 Å². The van der Waals surface area contributed by atoms with Gasteiger partial charge in [0.15, 0.2) is 5.16 Å². The molecule has 3 rings (SSSR count). The quantitative estimate of drug-likeness (QED) is 0.272. The summed E-state index contributed by atoms with van der Waals surface area (Å²) in [4.78, 5) is 30.1. The van der Waals surface area contributed by atoms with Gasteiger partial charge in [-0.3, -0.25) is 14.2 Å². The third kappa shape index (κ3) is 6.34. The normalized spacial score (nSPS) is 10.9. The Morgan fingerprint density at radius 3 is 2.77 bits per heavy atom. The van der Waals surface area contributed by atoms with Crippen molar-refractivity contribution < 1.29 is 9.53 Å². The number of rotatable bonds is 11. The van der Waals surface area contributed by atoms with Gasteiger partial charge in [-0.1, -0.05) is 62.2 Å². The predicted octanol–water partition coefficient (Wildman–Crippen LogP) is 4.39. The number of aromatic nitrogens is 2. The maximum Gasteiger partial charge on any atom is 0.262 e. The van der Waals surface area contributed by atoms with Crippen LogP contribution in [0.2, 0.25) is 0 Å². The minimum atomic E-state index is -0.104. The van der Waals surface area contributed by atoms with Crippen molar-refractivity contribution >= 4 is 28.6 Å². The second kappa shape index (κ2) is 11.6. The lowest BCUT2D eigenvalue weighted by molar-refractivity contribution is -0.118. The molecule has 0 bridgehead atoms. The number of carbonyl (C=O) groups is 1. The largest absolute Gasteiger partial charge is 0.497 e. The van der Waals surface area contributed by atoms with Gasteiger partial charge in [-0.2, -0.15) is 0 Å². The minimum Gasteiger partial charge on any atom is -0.497 e. The fourth-order valence-electron chi connectivity index (χ4n) is 3.32. The molecule has 1 heterocycles. The molecule has 0 aliphatic carbocycles. The van der Waals surface area contributed by atoms with Crippen molar-refractivity contribution in [1.29, 1.82) is 0 Å². The molecule has 0 unspecified atom stereocenters. The number of hydrogen-bond donors (Lipinski definition) is 1. The number of unbranched alkanes of at least 4 members (excludes halogenated alkanes) is 3. The number of thioether (sulfide) groups is 1. The maximum atomic E-state index is 13.0. The minimum absolute atomic E-state index is 0.0404. The van der Waals surface area contributed by atoms with E-state index in [1.807, 2.05) is 48.5 Å². The highest BCUT2D eigenvalue weighted by molar-refractivity contribution is 7.99. The van der Waals surface area contributed by atoms with Crippen LogP contribution in [0.1, 0.15) is 38.2 Å². The van der Waals surface area contributed by atoms with Crippen molar-refractivity contribution in [3.63, 3.8) is 0 Å². The summed E-state index contributed by atoms with van der Waals surface area (Å²) in [6.07, 6.45) is 4.27. The molecule has 31 heavy (non-hydrogen) atoms. The SMILES string of the molecule is CCCCCCn1c(SCC(=O)NCc2cccc(OC)c2)nc2ccccc2c1=O. The molecule has 0 spiro atoms. The molecule has 0 saturated heterocycles. The summed E-state index contributed by atoms with van der Waals surface area (Å²) >= 11 is 1.31. The van der Waals surface area contributed by atoms with Gasteiger partial charge in [-0.15, -0.1) is 0 Å². The van der Waals surface area contributed by atoms with Crippen LogP contribution in [0.3, 0.4) is 0 Å². The molecular formula is C24H29N3O3S. The number of para-hydroxylation sites is 1. The van der Waals surface area contributed by atoms with E-state index < -0.39 is 0 Å². The van der Waals surface area contributed by atoms with Crippen molar-refractivity contribution in [3.05, 3.63) is 64.4 Å². The molecule has 1 amide bonds. The Bertz CT molecular complexity index is 1080. The van der Waals surface area contributed by atoms with Crippen molar-refractivity contribution in [2.75, 3.05) is 12.9 Å². The van der Waals surface area contributed by atoms with E-state index in [2.05, 4.69) is 17.2 Å². The highest BCUT2D eigenvalue weighted by atomic mass is 32.2. The molecule has 0 saturated carbocycles. The second-order valence-electron chi connectivity index (χ2n) is 7.35. The molecule has 0 aliphatic heterocycles. The molecule has 0 fully saturated rings. The van der Waals surface area contributed by atoms with E-state index in [1.165, 1.54) is 11.8 Å². The number of nitrogens with zero attached hydrogens (tertiary/aromatic N) is 2. The first kappa shape index (κ1) is 22.9. The average molecular weight is 440 g/mol. The van der Waals surface area contributed by atoms with Gasteiger partial charge in [0.2, 0.25) is 5.91 Å². The maximum absolute atomic E-state index is 13.0. The summed E-state index contributed by atoms with van der Waals surface area (Å²) in [5, 5.41) is 4.13. The van der Waals surface area contributed by atoms with Crippen LogP contribution in [0.5, 0.6) is 5.75 Å². The van der Waals surface area contributed by atoms with Crippen LogP contribution in [0.25, 0.3) is 10.9 Å². The van der Waals surface area contributed by atoms with E-state index in [0.717, 1.165) is 37.0 Å². The van der Waals surface area contributed by atoms with Crippen LogP contribution in [0.4, 0.5) is 0 Å². The Labute approximate surface area is 187 Å². The number of fused-ring (bicyclic) bond motifs is 1. The van der Waals surface area contributed by atoms with Crippen molar-refractivity contribution in [2.45, 2.75) is 50.9 Å². The summed E-state index contributed by atoms with van der Waals surface area (Å²) < 4.78 is 6.94. The Morgan fingerprint density at radius 1 is 1.13 bits per heavy atom. The van der Waals surface area contributed by atoms with E-state index in [9.17, 15) is 9.59 Å². The number of nitrogens with one attached hydrogen (secondary N) is 1. The van der Waals surface area contributed by atoms with Crippen LogP contribution in [0.15, 0.2) is 58.5 Å². The number of carbonyl (C=O) groups excluding carboxylic acids is 1. The van der Waals surface area contributed by atoms with Crippen molar-refractivity contribution in [2.24, 2.45) is 0 Å². The Balaban J connectivity index is 1.68. The van der Waals surface area contributed by atoms with Gasteiger partial charge in [0.25, 0.3) is 5.56 Å². The van der Waals surface area contributed by atoms with Crippen molar-refractivity contribution in [3.8, 4) is 5.75 Å². The zero-order valence-electron chi connectivity index (χ0n) is 18.1. The highest BCUT2D eigenvalue weighted by Gasteiger charge is 2.13. The molecule has 3 aromatic rings. The molecule has 0 atom stereocenters. The first-order valence-corrected chi connectivity index (χ1v) is 11.6. The molecule has 0 radical (unpaired) electrons. The standard InChI is InChI=1S/C24H29N3O3S/c1-3-4-5-8-14-27-23(29)20-12-6-7-13-21(20)26-24(27)31-17-22(28)25-16-18-10-9-11-19(15-18)30-2/h6-7,9-13,15H,3-5,8,14,16-17H2,1-2H3,(H,25,28). The first-order chi connectivity index (χ1) is 15.1. The number of amides is 1. The fraction of sp³-hybridized carbons (Fsp3) is 0.375. The van der Waals surface area contributed by atoms with Gasteiger partial charge in [0, 0.05) is 13.1 Å². The summed E-state index contributed by atoms with van der Waals surface area (Å²) in [5.41, 5.74) is 1.59. The lowest BCUT2D eigenvalue weighted by Gasteiger charge is -2.13. The number of benzene rings is 2. The summed E-state index contributed by atoms with van der Waals surface area (Å²) in [6.45, 7) is 3.20. The topological polar surface area (TPSA) is 73.2 Å². The van der Waals surface area contributed by atoms with Crippen LogP contribution >= 0.6 is 11.8 Å². The van der Waals surface area contributed by atoms with Gasteiger partial charge in [-0.05, 0) is 36.2 Å². The van der Waals surface area contributed by atoms with Gasteiger partial charge in [0.05, 0.1) is 23.8 Å². The van der Waals surface area contributed by atoms with Crippen LogP contribution < -0.4 is 15.6 Å². The third-order valence-electron chi connectivity index (χ3n) is 5.02. The molecule has 0 aliphatic rings. The van der Waals surface area contributed by atoms with Gasteiger partial charge < -0.3 is 10.1 Å². The van der Waals surface area contributed by atoms with Crippen molar-refractivity contribution in [1.82, 2.24) is 14.9 Å². The third-order valence-corrected chi connectivity index (χ3v) is 5.99. The van der Waals surface area contributed by atoms with Crippen LogP contribution in [-0.2, 0) is 17.9 Å². The van der Waals surface area contributed by atoms with Gasteiger partial charge in [0.1, 0.15) is 5.75 Å². The predicted molar refractivity (Wildman–Crippen MR) is 126 cm³/mol. The van der Waals surface area contributed by atoms with E-state index in [-0.39, 0.29) is 17.2 Å². The summed E-state index contributed by atoms with van der Waals surface area (Å²) in [6, 6.07) is 15.0. The van der Waals surface area contributed by atoms with E-state index in [1.54, 1.807) is 11.7 Å². The lowest BCUT2D eigenvalue weighted by atomic mass is 10.2. The summed E-state index contributed by atoms with van der Waals surface area (Å²) in [5.74, 6) is 0.852. The Kier molecular flexibility index (Phi) is 8.53. The van der Waals surface area contributed by atoms with Crippen LogP contribution in [-0.4, -0.2) is 28.3 Å². The second-order valence-corrected chi connectivity index (χ2v) is 8.29. The zero-order chi connectivity index (χ0) is 22.1. The number of ether oxygens (including phenoxy) is 1. The highest BCUT2D eigenvalue weighted by Crippen LogP contribution is 2.19. The molecule has 2 aromatic carbocycles. The van der Waals surface area contributed by atoms with E-state index >= 15 is 0 Å². The Morgan fingerprint density at radius 2 is 1.97 bits per heavy atom. The van der Waals surface area contributed by atoms with Crippen LogP contribution in [0, 0.1) is 0 Å². The summed E-state index contributed by atoms with van der Waals surface area (Å²) in [7, 11) is 1.62. The molecular weight excluding hydrogens is 410 g/mol. The molecule has 6 nitrogen and oxygen atoms in total. The lowest BCUT2D eigenvalue weighted by Crippen LogP contribution is -2.27. The molecule has 1 N–H and O–H groups in total. The first-order valence-electron chi connectivity index (χ1n) is 10.6. The van der Waals surface area contributed by atoms with Gasteiger partial charge >= 0.3 is 0 Å². The fourth-order valence-corrected chi connectivity index (χ4v) is 4.17. The number of methoxy groups -OCH3 is 1. The Hall–Kier alpha value is -2.80. The number of hydrogen-bond acceptors (Lipinski definition) is 5. The zero-order valence-corrected chi connectivity index (χ0v) is 18.9. The molecule has 7 heteroatoms. The smallest absolute Gasteiger partial charge is 0.262 e. The monoisotopic (exact) mass is 439 g/mol. The molecule has 1 aromatic heterocycles. The average Bonchev–Trinajstić information content (AvgIpc) is 2.80. The van der Waals surface area contributed by atoms with Gasteiger partial charge in [-0.25, -0.2) is 4.98 Å². The molecule has 164 valence electrons. The van der Waals surface area contributed by atoms with E-state index in [0.29, 0.717) is 29.1 Å².